The Morgan fingerprint density at radius 1 is 1.15 bits per heavy atom. The molecule has 2 aromatic rings. The van der Waals surface area contributed by atoms with Gasteiger partial charge in [0.25, 0.3) is 0 Å². The van der Waals surface area contributed by atoms with Crippen molar-refractivity contribution in [3.63, 3.8) is 0 Å². The van der Waals surface area contributed by atoms with Crippen LogP contribution >= 0.6 is 31.9 Å². The molecule has 0 atom stereocenters. The number of benzene rings is 2. The lowest BCUT2D eigenvalue weighted by molar-refractivity contribution is 0.471. The molecule has 0 radical (unpaired) electrons. The standard InChI is InChI=1S/C16H13Br2NO/c1-10-5-12(9-19)6-11(2)16(10)20-15-7-14(18)4-3-13(15)8-17/h3-7H,8H2,1-2H3. The van der Waals surface area contributed by atoms with Gasteiger partial charge in [-0.05, 0) is 49.2 Å². The summed E-state index contributed by atoms with van der Waals surface area (Å²) >= 11 is 6.93. The zero-order valence-corrected chi connectivity index (χ0v) is 14.4. The van der Waals surface area contributed by atoms with Crippen molar-refractivity contribution in [2.45, 2.75) is 19.2 Å². The molecule has 0 unspecified atom stereocenters. The summed E-state index contributed by atoms with van der Waals surface area (Å²) in [5.74, 6) is 1.62. The van der Waals surface area contributed by atoms with Gasteiger partial charge < -0.3 is 4.74 Å². The molecule has 0 aliphatic rings. The molecule has 0 saturated carbocycles. The number of rotatable bonds is 3. The van der Waals surface area contributed by atoms with E-state index in [2.05, 4.69) is 37.9 Å². The van der Waals surface area contributed by atoms with E-state index in [-0.39, 0.29) is 0 Å². The number of alkyl halides is 1. The zero-order valence-electron chi connectivity index (χ0n) is 11.2. The van der Waals surface area contributed by atoms with Gasteiger partial charge in [-0.3, -0.25) is 0 Å². The maximum atomic E-state index is 8.98. The molecule has 0 N–H and O–H groups in total. The molecule has 0 aromatic heterocycles. The number of ether oxygens (including phenoxy) is 1. The van der Waals surface area contributed by atoms with Crippen LogP contribution in [0.3, 0.4) is 0 Å². The summed E-state index contributed by atoms with van der Waals surface area (Å²) in [6, 6.07) is 11.8. The molecule has 0 aliphatic carbocycles. The Kier molecular flexibility index (Phi) is 4.85. The molecule has 0 spiro atoms. The number of hydrogen-bond acceptors (Lipinski definition) is 2. The number of nitrogens with zero attached hydrogens (tertiary/aromatic N) is 1. The second-order valence-corrected chi connectivity index (χ2v) is 6.02. The van der Waals surface area contributed by atoms with Crippen LogP contribution in [0.15, 0.2) is 34.8 Å². The van der Waals surface area contributed by atoms with Gasteiger partial charge in [-0.15, -0.1) is 0 Å². The molecule has 0 amide bonds. The molecule has 0 fully saturated rings. The average Bonchev–Trinajstić information content (AvgIpc) is 2.42. The van der Waals surface area contributed by atoms with Gasteiger partial charge in [-0.1, -0.05) is 37.9 Å². The third-order valence-electron chi connectivity index (χ3n) is 2.97. The molecule has 20 heavy (non-hydrogen) atoms. The average molecular weight is 395 g/mol. The highest BCUT2D eigenvalue weighted by atomic mass is 79.9. The zero-order chi connectivity index (χ0) is 14.7. The minimum absolute atomic E-state index is 0.655. The van der Waals surface area contributed by atoms with E-state index >= 15 is 0 Å². The Morgan fingerprint density at radius 3 is 2.35 bits per heavy atom. The van der Waals surface area contributed by atoms with E-state index in [1.165, 1.54) is 0 Å². The lowest BCUT2D eigenvalue weighted by atomic mass is 10.1. The van der Waals surface area contributed by atoms with E-state index in [0.717, 1.165) is 38.0 Å². The summed E-state index contributed by atoms with van der Waals surface area (Å²) in [4.78, 5) is 0. The van der Waals surface area contributed by atoms with Gasteiger partial charge in [0.15, 0.2) is 0 Å². The quantitative estimate of drug-likeness (QED) is 0.632. The number of halogens is 2. The maximum Gasteiger partial charge on any atom is 0.133 e. The summed E-state index contributed by atoms with van der Waals surface area (Å²) in [7, 11) is 0. The fraction of sp³-hybridized carbons (Fsp3) is 0.188. The van der Waals surface area contributed by atoms with Crippen LogP contribution < -0.4 is 4.74 Å². The second-order valence-electron chi connectivity index (χ2n) is 4.54. The predicted molar refractivity (Wildman–Crippen MR) is 87.5 cm³/mol. The van der Waals surface area contributed by atoms with Crippen LogP contribution in [0.25, 0.3) is 0 Å². The summed E-state index contributed by atoms with van der Waals surface area (Å²) in [6.07, 6.45) is 0. The molecule has 2 rings (SSSR count). The first-order valence-corrected chi connectivity index (χ1v) is 8.00. The van der Waals surface area contributed by atoms with Crippen molar-refractivity contribution in [3.8, 4) is 17.6 Å². The fourth-order valence-electron chi connectivity index (χ4n) is 2.02. The van der Waals surface area contributed by atoms with E-state index in [9.17, 15) is 0 Å². The van der Waals surface area contributed by atoms with Gasteiger partial charge in [0.1, 0.15) is 11.5 Å². The van der Waals surface area contributed by atoms with Gasteiger partial charge in [0.05, 0.1) is 11.6 Å². The van der Waals surface area contributed by atoms with E-state index in [4.69, 9.17) is 10.00 Å². The van der Waals surface area contributed by atoms with Gasteiger partial charge in [0.2, 0.25) is 0 Å². The molecule has 0 aliphatic heterocycles. The van der Waals surface area contributed by atoms with Crippen LogP contribution in [0.4, 0.5) is 0 Å². The first kappa shape index (κ1) is 15.1. The van der Waals surface area contributed by atoms with Gasteiger partial charge in [-0.25, -0.2) is 0 Å². The topological polar surface area (TPSA) is 33.0 Å². The van der Waals surface area contributed by atoms with Crippen LogP contribution in [0.1, 0.15) is 22.3 Å². The molecular formula is C16H13Br2NO. The highest BCUT2D eigenvalue weighted by Crippen LogP contribution is 2.34. The molecule has 102 valence electrons. The van der Waals surface area contributed by atoms with Crippen molar-refractivity contribution in [1.82, 2.24) is 0 Å². The Balaban J connectivity index is 2.45. The monoisotopic (exact) mass is 393 g/mol. The van der Waals surface area contributed by atoms with Crippen LogP contribution in [0, 0.1) is 25.2 Å². The van der Waals surface area contributed by atoms with Crippen molar-refractivity contribution in [2.24, 2.45) is 0 Å². The van der Waals surface area contributed by atoms with E-state index in [1.807, 2.05) is 44.2 Å². The lowest BCUT2D eigenvalue weighted by Crippen LogP contribution is -1.95. The number of nitriles is 1. The molecule has 0 heterocycles. The largest absolute Gasteiger partial charge is 0.456 e. The van der Waals surface area contributed by atoms with E-state index < -0.39 is 0 Å². The minimum atomic E-state index is 0.655. The minimum Gasteiger partial charge on any atom is -0.456 e. The second kappa shape index (κ2) is 6.43. The highest BCUT2D eigenvalue weighted by Gasteiger charge is 2.10. The van der Waals surface area contributed by atoms with Crippen molar-refractivity contribution >= 4 is 31.9 Å². The number of aryl methyl sites for hydroxylation is 2. The molecular weight excluding hydrogens is 382 g/mol. The third-order valence-corrected chi connectivity index (χ3v) is 4.07. The Morgan fingerprint density at radius 2 is 1.80 bits per heavy atom. The maximum absolute atomic E-state index is 8.98. The fourth-order valence-corrected chi connectivity index (χ4v) is 2.82. The smallest absolute Gasteiger partial charge is 0.133 e. The van der Waals surface area contributed by atoms with Crippen LogP contribution in [0.2, 0.25) is 0 Å². The molecule has 2 nitrogen and oxygen atoms in total. The van der Waals surface area contributed by atoms with Crippen molar-refractivity contribution in [1.29, 1.82) is 5.26 Å². The highest BCUT2D eigenvalue weighted by molar-refractivity contribution is 9.10. The Bertz CT molecular complexity index is 666. The van der Waals surface area contributed by atoms with E-state index in [0.29, 0.717) is 5.56 Å². The predicted octanol–water partition coefficient (Wildman–Crippen LogP) is 5.62. The van der Waals surface area contributed by atoms with Crippen LogP contribution in [-0.2, 0) is 5.33 Å². The molecule has 4 heteroatoms. The molecule has 2 aromatic carbocycles. The lowest BCUT2D eigenvalue weighted by Gasteiger charge is -2.15. The van der Waals surface area contributed by atoms with Crippen LogP contribution in [-0.4, -0.2) is 0 Å². The summed E-state index contributed by atoms with van der Waals surface area (Å²) in [5.41, 5.74) is 3.66. The van der Waals surface area contributed by atoms with Gasteiger partial charge in [0, 0.05) is 15.4 Å². The molecule has 0 bridgehead atoms. The summed E-state index contributed by atoms with van der Waals surface area (Å²) in [5, 5.41) is 9.71. The first-order valence-electron chi connectivity index (χ1n) is 6.08. The first-order chi connectivity index (χ1) is 9.55. The normalized spacial score (nSPS) is 10.2. The van der Waals surface area contributed by atoms with Crippen molar-refractivity contribution in [2.75, 3.05) is 0 Å². The van der Waals surface area contributed by atoms with Crippen molar-refractivity contribution in [3.05, 3.63) is 57.1 Å². The molecule has 0 saturated heterocycles. The van der Waals surface area contributed by atoms with Crippen LogP contribution in [0.5, 0.6) is 11.5 Å². The SMILES string of the molecule is Cc1cc(C#N)cc(C)c1Oc1cc(Br)ccc1CBr. The van der Waals surface area contributed by atoms with Crippen molar-refractivity contribution < 1.29 is 4.74 Å². The van der Waals surface area contributed by atoms with Gasteiger partial charge >= 0.3 is 0 Å². The summed E-state index contributed by atoms with van der Waals surface area (Å²) in [6.45, 7) is 3.91. The summed E-state index contributed by atoms with van der Waals surface area (Å²) < 4.78 is 7.05. The van der Waals surface area contributed by atoms with E-state index in [1.54, 1.807) is 0 Å². The van der Waals surface area contributed by atoms with Gasteiger partial charge in [-0.2, -0.15) is 5.26 Å². The Labute approximate surface area is 135 Å². The number of hydrogen-bond donors (Lipinski definition) is 0. The Hall–Kier alpha value is -1.31. The third kappa shape index (κ3) is 3.23.